The van der Waals surface area contributed by atoms with Crippen molar-refractivity contribution in [2.24, 2.45) is 10.8 Å². The summed E-state index contributed by atoms with van der Waals surface area (Å²) >= 11 is 0. The molecule has 3 atom stereocenters. The summed E-state index contributed by atoms with van der Waals surface area (Å²) in [6.45, 7) is 15.9. The van der Waals surface area contributed by atoms with Crippen molar-refractivity contribution in [3.05, 3.63) is 0 Å². The number of hydrogen-bond donors (Lipinski definition) is 0. The molecule has 0 amide bonds. The fourth-order valence-corrected chi connectivity index (χ4v) is 3.14. The highest BCUT2D eigenvalue weighted by Crippen LogP contribution is 2.39. The molecule has 114 valence electrons. The largest absolute Gasteiger partial charge is 0.350 e. The summed E-state index contributed by atoms with van der Waals surface area (Å²) in [6, 6.07) is 0. The van der Waals surface area contributed by atoms with Crippen LogP contribution in [-0.2, 0) is 9.47 Å². The quantitative estimate of drug-likeness (QED) is 0.663. The fourth-order valence-electron chi connectivity index (χ4n) is 3.14. The zero-order chi connectivity index (χ0) is 14.7. The van der Waals surface area contributed by atoms with Crippen molar-refractivity contribution in [3.8, 4) is 0 Å². The maximum atomic E-state index is 6.02. The van der Waals surface area contributed by atoms with Crippen LogP contribution in [0.15, 0.2) is 0 Å². The Kier molecular flexibility index (Phi) is 5.88. The van der Waals surface area contributed by atoms with E-state index in [0.717, 1.165) is 19.3 Å². The van der Waals surface area contributed by atoms with E-state index in [1.54, 1.807) is 0 Å². The van der Waals surface area contributed by atoms with Gasteiger partial charge < -0.3 is 9.47 Å². The molecule has 0 aromatic heterocycles. The molecule has 0 aliphatic carbocycles. The fraction of sp³-hybridized carbons (Fsp3) is 1.00. The second-order valence-electron chi connectivity index (χ2n) is 7.65. The van der Waals surface area contributed by atoms with Crippen molar-refractivity contribution in [2.45, 2.75) is 99.1 Å². The highest BCUT2D eigenvalue weighted by Gasteiger charge is 2.38. The molecule has 0 N–H and O–H groups in total. The molecule has 0 bridgehead atoms. The highest BCUT2D eigenvalue weighted by atomic mass is 16.7. The molecule has 2 heteroatoms. The monoisotopic (exact) mass is 270 g/mol. The summed E-state index contributed by atoms with van der Waals surface area (Å²) in [7, 11) is 0. The molecule has 0 radical (unpaired) electrons. The first-order valence-electron chi connectivity index (χ1n) is 8.01. The molecule has 1 aliphatic heterocycles. The number of rotatable bonds is 6. The van der Waals surface area contributed by atoms with Crippen LogP contribution in [0, 0.1) is 10.8 Å². The van der Waals surface area contributed by atoms with Crippen molar-refractivity contribution >= 4 is 0 Å². The lowest BCUT2D eigenvalue weighted by molar-refractivity contribution is -0.260. The van der Waals surface area contributed by atoms with Crippen LogP contribution in [0.2, 0.25) is 0 Å². The molecular weight excluding hydrogens is 236 g/mol. The highest BCUT2D eigenvalue weighted by molar-refractivity contribution is 4.85. The standard InChI is InChI=1S/C17H34O2/c1-8-10-16(4,5)12-14-11-15(17(6,7)9-2)19-13(3)18-14/h13-15H,8-12H2,1-7H3. The molecule has 2 nitrogen and oxygen atoms in total. The smallest absolute Gasteiger partial charge is 0.155 e. The van der Waals surface area contributed by atoms with Crippen molar-refractivity contribution in [3.63, 3.8) is 0 Å². The summed E-state index contributed by atoms with van der Waals surface area (Å²) < 4.78 is 12.0. The van der Waals surface area contributed by atoms with E-state index in [9.17, 15) is 0 Å². The third kappa shape index (κ3) is 5.07. The third-order valence-corrected chi connectivity index (χ3v) is 4.71. The predicted octanol–water partition coefficient (Wildman–Crippen LogP) is 5.16. The van der Waals surface area contributed by atoms with Crippen LogP contribution in [0.3, 0.4) is 0 Å². The Morgan fingerprint density at radius 3 is 2.21 bits per heavy atom. The summed E-state index contributed by atoms with van der Waals surface area (Å²) in [5, 5.41) is 0. The number of ether oxygens (including phenoxy) is 2. The Morgan fingerprint density at radius 1 is 1.05 bits per heavy atom. The first-order chi connectivity index (χ1) is 8.70. The van der Waals surface area contributed by atoms with E-state index >= 15 is 0 Å². The molecule has 19 heavy (non-hydrogen) atoms. The molecule has 0 aromatic carbocycles. The van der Waals surface area contributed by atoms with Gasteiger partial charge in [0.25, 0.3) is 0 Å². The average molecular weight is 270 g/mol. The molecule has 1 rings (SSSR count). The Labute approximate surface area is 120 Å². The van der Waals surface area contributed by atoms with E-state index < -0.39 is 0 Å². The molecule has 1 heterocycles. The Hall–Kier alpha value is -0.0800. The van der Waals surface area contributed by atoms with Crippen LogP contribution in [0.4, 0.5) is 0 Å². The Bertz CT molecular complexity index is 270. The zero-order valence-corrected chi connectivity index (χ0v) is 14.1. The maximum absolute atomic E-state index is 6.02. The van der Waals surface area contributed by atoms with Crippen molar-refractivity contribution in [1.29, 1.82) is 0 Å². The van der Waals surface area contributed by atoms with Gasteiger partial charge in [0.05, 0.1) is 12.2 Å². The van der Waals surface area contributed by atoms with E-state index in [-0.39, 0.29) is 11.7 Å². The minimum atomic E-state index is -0.0630. The van der Waals surface area contributed by atoms with Crippen LogP contribution in [-0.4, -0.2) is 18.5 Å². The lowest BCUT2D eigenvalue weighted by atomic mass is 9.76. The van der Waals surface area contributed by atoms with Gasteiger partial charge in [-0.3, -0.25) is 0 Å². The summed E-state index contributed by atoms with van der Waals surface area (Å²) in [5.41, 5.74) is 0.614. The van der Waals surface area contributed by atoms with E-state index in [4.69, 9.17) is 9.47 Å². The summed E-state index contributed by atoms with van der Waals surface area (Å²) in [4.78, 5) is 0. The molecule has 3 unspecified atom stereocenters. The molecule has 0 aromatic rings. The predicted molar refractivity (Wildman–Crippen MR) is 81.2 cm³/mol. The van der Waals surface area contributed by atoms with E-state index in [0.29, 0.717) is 17.6 Å². The van der Waals surface area contributed by atoms with Crippen LogP contribution in [0.5, 0.6) is 0 Å². The molecule has 0 saturated carbocycles. The van der Waals surface area contributed by atoms with Crippen LogP contribution < -0.4 is 0 Å². The zero-order valence-electron chi connectivity index (χ0n) is 14.1. The first kappa shape index (κ1) is 17.0. The van der Waals surface area contributed by atoms with Gasteiger partial charge in [-0.1, -0.05) is 48.0 Å². The normalized spacial score (nSPS) is 29.5. The minimum absolute atomic E-state index is 0.0630. The summed E-state index contributed by atoms with van der Waals surface area (Å²) in [5.74, 6) is 0. The van der Waals surface area contributed by atoms with Gasteiger partial charge in [-0.15, -0.1) is 0 Å². The molecular formula is C17H34O2. The average Bonchev–Trinajstić information content (AvgIpc) is 2.27. The van der Waals surface area contributed by atoms with Crippen molar-refractivity contribution in [2.75, 3.05) is 0 Å². The third-order valence-electron chi connectivity index (χ3n) is 4.71. The van der Waals surface area contributed by atoms with Gasteiger partial charge in [0.15, 0.2) is 6.29 Å². The van der Waals surface area contributed by atoms with Crippen molar-refractivity contribution < 1.29 is 9.47 Å². The van der Waals surface area contributed by atoms with E-state index in [1.165, 1.54) is 12.8 Å². The molecule has 1 saturated heterocycles. The van der Waals surface area contributed by atoms with Gasteiger partial charge in [0, 0.05) is 6.42 Å². The van der Waals surface area contributed by atoms with Gasteiger partial charge in [0.2, 0.25) is 0 Å². The Morgan fingerprint density at radius 2 is 1.68 bits per heavy atom. The second-order valence-corrected chi connectivity index (χ2v) is 7.65. The lowest BCUT2D eigenvalue weighted by Gasteiger charge is -2.43. The lowest BCUT2D eigenvalue weighted by Crippen LogP contribution is -2.45. The number of hydrogen-bond acceptors (Lipinski definition) is 2. The van der Waals surface area contributed by atoms with E-state index in [2.05, 4.69) is 41.5 Å². The second kappa shape index (κ2) is 6.58. The molecule has 1 fully saturated rings. The van der Waals surface area contributed by atoms with Crippen molar-refractivity contribution in [1.82, 2.24) is 0 Å². The van der Waals surface area contributed by atoms with Gasteiger partial charge in [0.1, 0.15) is 0 Å². The van der Waals surface area contributed by atoms with Crippen LogP contribution in [0.25, 0.3) is 0 Å². The SMILES string of the molecule is CCCC(C)(C)CC1CC(C(C)(C)CC)OC(C)O1. The van der Waals surface area contributed by atoms with Gasteiger partial charge >= 0.3 is 0 Å². The van der Waals surface area contributed by atoms with Crippen LogP contribution >= 0.6 is 0 Å². The van der Waals surface area contributed by atoms with E-state index in [1.807, 2.05) is 6.92 Å². The first-order valence-corrected chi connectivity index (χ1v) is 8.01. The van der Waals surface area contributed by atoms with Crippen LogP contribution in [0.1, 0.15) is 80.6 Å². The maximum Gasteiger partial charge on any atom is 0.155 e. The van der Waals surface area contributed by atoms with Gasteiger partial charge in [-0.05, 0) is 37.0 Å². The van der Waals surface area contributed by atoms with Gasteiger partial charge in [-0.2, -0.15) is 0 Å². The topological polar surface area (TPSA) is 18.5 Å². The van der Waals surface area contributed by atoms with Gasteiger partial charge in [-0.25, -0.2) is 0 Å². The minimum Gasteiger partial charge on any atom is -0.350 e. The summed E-state index contributed by atoms with van der Waals surface area (Å²) in [6.07, 6.45) is 6.45. The Balaban J connectivity index is 2.65. The molecule has 1 aliphatic rings. The molecule has 0 spiro atoms.